The van der Waals surface area contributed by atoms with Crippen molar-refractivity contribution in [3.63, 3.8) is 0 Å². The molecule has 0 atom stereocenters. The van der Waals surface area contributed by atoms with E-state index in [1.165, 1.54) is 145 Å². The molecule has 0 saturated heterocycles. The summed E-state index contributed by atoms with van der Waals surface area (Å²) in [6, 6.07) is 17.0. The standard InChI is InChI=1S/C35H53O.ClHO4/c1-2-3-4-5-6-7-8-9-10-11-12-13-14-15-16-17-18-19-20-21-26-31-32-27-22-24-29-34(32)36-35-30-25-23-28-33(31)35;2-1(3,4)5/h22-25,27-30H,2-21,26H2,1H3;(H,2,3,4,5)/q+1;/p-1. The van der Waals surface area contributed by atoms with Gasteiger partial charge < -0.3 is 0 Å². The molecule has 6 heteroatoms. The van der Waals surface area contributed by atoms with Crippen LogP contribution in [0.15, 0.2) is 52.9 Å². The van der Waals surface area contributed by atoms with E-state index in [9.17, 15) is 0 Å². The van der Waals surface area contributed by atoms with Gasteiger partial charge in [0.1, 0.15) is 0 Å². The number of para-hydroxylation sites is 2. The summed E-state index contributed by atoms with van der Waals surface area (Å²) in [5, 5.41) is 2.57. The van der Waals surface area contributed by atoms with Crippen LogP contribution < -0.4 is 18.6 Å². The highest BCUT2D eigenvalue weighted by Gasteiger charge is 2.17. The molecule has 230 valence electrons. The Morgan fingerprint density at radius 3 is 1.10 bits per heavy atom. The zero-order valence-corrected chi connectivity index (χ0v) is 26.1. The van der Waals surface area contributed by atoms with E-state index < -0.39 is 10.2 Å². The Bertz CT molecular complexity index is 1010. The summed E-state index contributed by atoms with van der Waals surface area (Å²) < 4.78 is 40.1. The van der Waals surface area contributed by atoms with E-state index in [-0.39, 0.29) is 0 Å². The van der Waals surface area contributed by atoms with Crippen molar-refractivity contribution < 1.29 is 33.3 Å². The van der Waals surface area contributed by atoms with Crippen molar-refractivity contribution >= 4 is 21.9 Å². The van der Waals surface area contributed by atoms with Crippen LogP contribution in [-0.2, 0) is 6.42 Å². The molecule has 2 aromatic carbocycles. The summed E-state index contributed by atoms with van der Waals surface area (Å²) in [5.74, 6) is 0. The van der Waals surface area contributed by atoms with Gasteiger partial charge >= 0.3 is 11.2 Å². The van der Waals surface area contributed by atoms with E-state index in [1.54, 1.807) is 0 Å². The van der Waals surface area contributed by atoms with Gasteiger partial charge in [0.05, 0.1) is 10.8 Å². The molecule has 0 aliphatic rings. The number of rotatable bonds is 21. The minimum atomic E-state index is -4.94. The van der Waals surface area contributed by atoms with Crippen LogP contribution in [0.25, 0.3) is 21.9 Å². The highest BCUT2D eigenvalue weighted by Crippen LogP contribution is 2.30. The van der Waals surface area contributed by atoms with Crippen LogP contribution in [-0.4, -0.2) is 0 Å². The fourth-order valence-electron chi connectivity index (χ4n) is 5.70. The fraction of sp³-hybridized carbons (Fsp3) is 0.629. The molecule has 1 aromatic heterocycles. The topological polar surface area (TPSA) is 104 Å². The van der Waals surface area contributed by atoms with Gasteiger partial charge in [0.25, 0.3) is 0 Å². The number of fused-ring (bicyclic) bond motifs is 2. The van der Waals surface area contributed by atoms with Gasteiger partial charge in [-0.2, -0.15) is 0 Å². The molecule has 3 aromatic rings. The van der Waals surface area contributed by atoms with Gasteiger partial charge in [0, 0.05) is 12.1 Å². The van der Waals surface area contributed by atoms with E-state index in [0.717, 1.165) is 17.6 Å². The molecule has 0 radical (unpaired) electrons. The maximum atomic E-state index is 8.49. The van der Waals surface area contributed by atoms with Crippen LogP contribution in [0, 0.1) is 10.2 Å². The fourth-order valence-corrected chi connectivity index (χ4v) is 5.70. The normalized spacial score (nSPS) is 11.6. The van der Waals surface area contributed by atoms with E-state index in [1.807, 2.05) is 0 Å². The first-order valence-corrected chi connectivity index (χ1v) is 17.5. The van der Waals surface area contributed by atoms with Gasteiger partial charge in [-0.1, -0.05) is 153 Å². The number of hydrogen-bond donors (Lipinski definition) is 0. The van der Waals surface area contributed by atoms with Gasteiger partial charge in [-0.3, -0.25) is 0 Å². The first-order chi connectivity index (χ1) is 19.9. The number of halogens is 1. The van der Waals surface area contributed by atoms with Gasteiger partial charge in [-0.25, -0.2) is 23.1 Å². The highest BCUT2D eigenvalue weighted by atomic mass is 35.7. The van der Waals surface area contributed by atoms with Crippen molar-refractivity contribution in [2.75, 3.05) is 0 Å². The second kappa shape index (κ2) is 21.9. The molecule has 0 saturated carbocycles. The first-order valence-electron chi connectivity index (χ1n) is 16.2. The number of benzene rings is 2. The van der Waals surface area contributed by atoms with E-state index in [0.29, 0.717) is 0 Å². The van der Waals surface area contributed by atoms with Gasteiger partial charge in [0.15, 0.2) is 0 Å². The van der Waals surface area contributed by atoms with Gasteiger partial charge in [-0.05, 0) is 30.5 Å². The van der Waals surface area contributed by atoms with Crippen LogP contribution in [0.2, 0.25) is 0 Å². The highest BCUT2D eigenvalue weighted by molar-refractivity contribution is 5.94. The molecule has 0 unspecified atom stereocenters. The number of hydrogen-bond acceptors (Lipinski definition) is 4. The molecule has 0 bridgehead atoms. The molecule has 3 rings (SSSR count). The Morgan fingerprint density at radius 2 is 0.756 bits per heavy atom. The molecule has 1 heterocycles. The van der Waals surface area contributed by atoms with Crippen LogP contribution in [0.3, 0.4) is 0 Å². The summed E-state index contributed by atoms with van der Waals surface area (Å²) in [6.07, 6.45) is 29.8. The minimum absolute atomic E-state index is 1.01. The maximum absolute atomic E-state index is 8.49. The molecule has 41 heavy (non-hydrogen) atoms. The third-order valence-electron chi connectivity index (χ3n) is 7.92. The van der Waals surface area contributed by atoms with Crippen LogP contribution >= 0.6 is 0 Å². The average Bonchev–Trinajstić information content (AvgIpc) is 2.94. The average molecular weight is 589 g/mol. The van der Waals surface area contributed by atoms with Crippen molar-refractivity contribution in [3.8, 4) is 0 Å². The lowest BCUT2D eigenvalue weighted by molar-refractivity contribution is -2.00. The van der Waals surface area contributed by atoms with Crippen molar-refractivity contribution in [1.29, 1.82) is 0 Å². The summed E-state index contributed by atoms with van der Waals surface area (Å²) in [7, 11) is -4.94. The molecule has 0 aliphatic carbocycles. The van der Waals surface area contributed by atoms with Crippen LogP contribution in [0.4, 0.5) is 0 Å². The molecule has 0 fully saturated rings. The molecule has 0 spiro atoms. The Morgan fingerprint density at radius 1 is 0.463 bits per heavy atom. The van der Waals surface area contributed by atoms with Crippen molar-refractivity contribution in [1.82, 2.24) is 0 Å². The molecule has 0 N–H and O–H groups in total. The van der Waals surface area contributed by atoms with E-state index in [4.69, 9.17) is 23.1 Å². The third kappa shape index (κ3) is 17.1. The molecule has 0 aliphatic heterocycles. The number of unbranched alkanes of at least 4 members (excludes halogenated alkanes) is 19. The second-order valence-corrected chi connectivity index (χ2v) is 12.2. The lowest BCUT2D eigenvalue weighted by Crippen LogP contribution is -2.68. The van der Waals surface area contributed by atoms with Gasteiger partial charge in [-0.15, -0.1) is 10.2 Å². The summed E-state index contributed by atoms with van der Waals surface area (Å²) in [5.41, 5.74) is 3.49. The second-order valence-electron chi connectivity index (χ2n) is 11.4. The monoisotopic (exact) mass is 588 g/mol. The largest absolute Gasteiger partial charge is 0.361 e. The molecule has 0 amide bonds. The van der Waals surface area contributed by atoms with Crippen LogP contribution in [0.1, 0.15) is 141 Å². The molecular weight excluding hydrogens is 536 g/mol. The SMILES string of the molecule is CCCCCCCCCCCCCCCCCCCCCCc1c2ccccc2[o+]c2ccccc12.[O-][Cl+3]([O-])([O-])[O-]. The third-order valence-corrected chi connectivity index (χ3v) is 7.92. The Balaban J connectivity index is 0.00000108. The van der Waals surface area contributed by atoms with Crippen molar-refractivity contribution in [3.05, 3.63) is 54.1 Å². The minimum Gasteiger partial charge on any atom is -0.222 e. The van der Waals surface area contributed by atoms with Gasteiger partial charge in [0.2, 0.25) is 0 Å². The summed E-state index contributed by atoms with van der Waals surface area (Å²) >= 11 is 0. The zero-order valence-electron chi connectivity index (χ0n) is 25.4. The Labute approximate surface area is 250 Å². The van der Waals surface area contributed by atoms with Crippen molar-refractivity contribution in [2.24, 2.45) is 0 Å². The van der Waals surface area contributed by atoms with Crippen molar-refractivity contribution in [2.45, 2.75) is 142 Å². The molecular formula is C35H53ClO5. The Hall–Kier alpha value is -1.76. The van der Waals surface area contributed by atoms with E-state index in [2.05, 4.69) is 55.5 Å². The first kappa shape index (κ1) is 35.4. The summed E-state index contributed by atoms with van der Waals surface area (Å²) in [4.78, 5) is 0. The Kier molecular flexibility index (Phi) is 18.9. The van der Waals surface area contributed by atoms with Crippen LogP contribution in [0.5, 0.6) is 0 Å². The number of aryl methyl sites for hydroxylation is 1. The molecule has 5 nitrogen and oxygen atoms in total. The smallest absolute Gasteiger partial charge is 0.222 e. The quantitative estimate of drug-likeness (QED) is 0.0729. The summed E-state index contributed by atoms with van der Waals surface area (Å²) in [6.45, 7) is 2.30. The lowest BCUT2D eigenvalue weighted by Gasteiger charge is -2.17. The zero-order chi connectivity index (χ0) is 29.6. The lowest BCUT2D eigenvalue weighted by atomic mass is 9.98. The maximum Gasteiger partial charge on any atom is 0.361 e. The predicted octanol–water partition coefficient (Wildman–Crippen LogP) is 7.48. The predicted molar refractivity (Wildman–Crippen MR) is 160 cm³/mol. The van der Waals surface area contributed by atoms with E-state index >= 15 is 0 Å².